The number of phenolic OH excluding ortho intramolecular Hbond substituents is 9. The predicted molar refractivity (Wildman–Crippen MR) is 210 cm³/mol. The Hall–Kier alpha value is -6.00. The molecule has 17 N–H and O–H groups in total. The van der Waals surface area contributed by atoms with Crippen LogP contribution in [-0.4, -0.2) is 174 Å². The third-order valence-corrected chi connectivity index (χ3v) is 12.5. The smallest absolute Gasteiger partial charge is 0.305 e. The van der Waals surface area contributed by atoms with E-state index in [9.17, 15) is 86.8 Å². The maximum absolute atomic E-state index is 11.8. The molecule has 5 heterocycles. The lowest BCUT2D eigenvalue weighted by Gasteiger charge is -2.53. The maximum Gasteiger partial charge on any atom is 0.305 e. The maximum atomic E-state index is 11.8. The quantitative estimate of drug-likeness (QED) is 0.0838. The van der Waals surface area contributed by atoms with Crippen LogP contribution in [0, 0.1) is 0 Å². The number of benzene rings is 4. The minimum atomic E-state index is -2.61. The highest BCUT2D eigenvalue weighted by Crippen LogP contribution is 2.64. The van der Waals surface area contributed by atoms with Crippen LogP contribution in [0.25, 0.3) is 0 Å². The molecule has 0 aliphatic carbocycles. The van der Waals surface area contributed by atoms with Gasteiger partial charge in [-0.15, -0.1) is 0 Å². The third kappa shape index (κ3) is 7.01. The summed E-state index contributed by atoms with van der Waals surface area (Å²) in [5, 5.41) is 182. The second kappa shape index (κ2) is 16.4. The summed E-state index contributed by atoms with van der Waals surface area (Å²) in [5.74, 6) is -12.6. The Bertz CT molecular complexity index is 2490. The van der Waals surface area contributed by atoms with Crippen LogP contribution in [0.4, 0.5) is 0 Å². The molecule has 5 aliphatic heterocycles. The van der Waals surface area contributed by atoms with Crippen molar-refractivity contribution in [2.24, 2.45) is 0 Å². The Labute approximate surface area is 369 Å². The van der Waals surface area contributed by atoms with E-state index in [-0.39, 0.29) is 45.1 Å². The minimum Gasteiger partial charge on any atom is -0.508 e. The summed E-state index contributed by atoms with van der Waals surface area (Å²) < 4.78 is 43.5. The summed E-state index contributed by atoms with van der Waals surface area (Å²) in [6.45, 7) is -1.74. The van der Waals surface area contributed by atoms with Crippen molar-refractivity contribution < 1.29 is 120 Å². The molecule has 4 aromatic carbocycles. The first-order chi connectivity index (χ1) is 31.3. The monoisotopic (exact) mass is 932 g/mol. The van der Waals surface area contributed by atoms with E-state index in [1.54, 1.807) is 0 Å². The summed E-state index contributed by atoms with van der Waals surface area (Å²) in [5.41, 5.74) is -0.999. The van der Waals surface area contributed by atoms with Crippen molar-refractivity contribution >= 4 is 0 Å². The Kier molecular flexibility index (Phi) is 11.2. The van der Waals surface area contributed by atoms with Crippen molar-refractivity contribution in [1.29, 1.82) is 0 Å². The molecular formula is C42H44O24. The van der Waals surface area contributed by atoms with Gasteiger partial charge in [0, 0.05) is 52.4 Å². The molecule has 2 saturated heterocycles. The predicted octanol–water partition coefficient (Wildman–Crippen LogP) is -2.15. The van der Waals surface area contributed by atoms with Gasteiger partial charge < -0.3 is 120 Å². The normalized spacial score (nSPS) is 34.5. The number of rotatable bonds is 8. The molecule has 0 aromatic heterocycles. The molecule has 4 aromatic rings. The molecule has 24 heteroatoms. The van der Waals surface area contributed by atoms with E-state index >= 15 is 0 Å². The lowest BCUT2D eigenvalue weighted by Crippen LogP contribution is -2.64. The van der Waals surface area contributed by atoms with E-state index in [0.29, 0.717) is 0 Å². The van der Waals surface area contributed by atoms with Gasteiger partial charge in [0.2, 0.25) is 0 Å². The van der Waals surface area contributed by atoms with Crippen LogP contribution in [0.2, 0.25) is 0 Å². The largest absolute Gasteiger partial charge is 0.508 e. The molecule has 0 saturated carbocycles. The van der Waals surface area contributed by atoms with Crippen LogP contribution in [-0.2, 0) is 31.2 Å². The third-order valence-electron chi connectivity index (χ3n) is 12.5. The van der Waals surface area contributed by atoms with Crippen molar-refractivity contribution in [3.8, 4) is 69.0 Å². The van der Waals surface area contributed by atoms with Gasteiger partial charge in [-0.05, 0) is 24.3 Å². The van der Waals surface area contributed by atoms with Crippen molar-refractivity contribution in [2.45, 2.75) is 97.8 Å². The first kappa shape index (κ1) is 45.2. The van der Waals surface area contributed by atoms with Crippen molar-refractivity contribution in [2.75, 3.05) is 13.2 Å². The van der Waals surface area contributed by atoms with Crippen LogP contribution < -0.4 is 14.2 Å². The number of aliphatic hydroxyl groups is 8. The molecule has 356 valence electrons. The number of aromatic hydroxyl groups is 9. The molecule has 0 spiro atoms. The zero-order chi connectivity index (χ0) is 47.4. The number of ether oxygens (including phenoxy) is 7. The number of fused-ring (bicyclic) bond motifs is 8. The van der Waals surface area contributed by atoms with Crippen LogP contribution in [0.3, 0.4) is 0 Å². The molecular weight excluding hydrogens is 888 g/mol. The van der Waals surface area contributed by atoms with E-state index in [0.717, 1.165) is 42.5 Å². The summed E-state index contributed by atoms with van der Waals surface area (Å²) in [7, 11) is 0. The van der Waals surface area contributed by atoms with Crippen molar-refractivity contribution in [3.05, 3.63) is 70.3 Å². The van der Waals surface area contributed by atoms with E-state index in [4.69, 9.17) is 33.2 Å². The molecule has 0 radical (unpaired) electrons. The van der Waals surface area contributed by atoms with Gasteiger partial charge in [-0.25, -0.2) is 0 Å². The second-order valence-electron chi connectivity index (χ2n) is 16.5. The first-order valence-electron chi connectivity index (χ1n) is 20.2. The molecule has 2 bridgehead atoms. The molecule has 5 unspecified atom stereocenters. The standard InChI is InChI=1S/C42H44O24/c43-9-24-31(54)33(56)35(58)40(61-24)60-23-7-14-15(46)8-22-27(38(14)63-37(23)11-1-17(48)29(52)18(49)2-11)28-26-16(47)5-13(45)6-21(26)65-42(66-22,12-3-19(50)30(53)20(51)4-12)39(28)64-41-36(59)34(57)32(55)25(10-44)62-41/h1-6,8,23-25,28,31-37,39-41,43-59H,7,9-10H2/t23?,24-,25-,28?,31-,32-,33+,34+,35-,36-,37?,39?,40-,41+,42?/m1/s1. The number of aliphatic hydroxyl groups excluding tert-OH is 8. The first-order valence-corrected chi connectivity index (χ1v) is 20.2. The molecule has 9 rings (SSSR count). The van der Waals surface area contributed by atoms with Crippen LogP contribution in [0.1, 0.15) is 39.8 Å². The van der Waals surface area contributed by atoms with Gasteiger partial charge in [-0.2, -0.15) is 0 Å². The van der Waals surface area contributed by atoms with Gasteiger partial charge in [0.25, 0.3) is 0 Å². The Morgan fingerprint density at radius 2 is 1.06 bits per heavy atom. The van der Waals surface area contributed by atoms with Crippen LogP contribution in [0.15, 0.2) is 42.5 Å². The summed E-state index contributed by atoms with van der Waals surface area (Å²) in [6, 6.07) is 6.71. The average Bonchev–Trinajstić information content (AvgIpc) is 3.27. The SMILES string of the molecule is OC[C@H]1O[C@@H](OC2Cc3c(O)cc4c(c3OC2c2cc(O)c(O)c(O)c2)C2c3c(O)cc(O)cc3OC(c3cc(O)c(O)c(O)c3)(O4)C2O[C@@H]2O[C@H](CO)[C@@H](O)[C@H](O)[C@H]2O)[C@H](O)[C@@H](O)[C@@H]1O. The fourth-order valence-electron chi connectivity index (χ4n) is 9.15. The minimum absolute atomic E-state index is 0.124. The second-order valence-corrected chi connectivity index (χ2v) is 16.5. The van der Waals surface area contributed by atoms with E-state index in [1.807, 2.05) is 0 Å². The van der Waals surface area contributed by atoms with Gasteiger partial charge in [-0.1, -0.05) is 0 Å². The fourth-order valence-corrected chi connectivity index (χ4v) is 9.15. The molecule has 0 amide bonds. The lowest BCUT2D eigenvalue weighted by molar-refractivity contribution is -0.345. The number of hydrogen-bond acceptors (Lipinski definition) is 24. The zero-order valence-corrected chi connectivity index (χ0v) is 33.7. The molecule has 66 heavy (non-hydrogen) atoms. The van der Waals surface area contributed by atoms with E-state index in [1.165, 1.54) is 0 Å². The lowest BCUT2D eigenvalue weighted by atomic mass is 9.73. The highest BCUT2D eigenvalue weighted by molar-refractivity contribution is 5.68. The Morgan fingerprint density at radius 1 is 0.545 bits per heavy atom. The summed E-state index contributed by atoms with van der Waals surface area (Å²) in [4.78, 5) is 0. The molecule has 15 atom stereocenters. The molecule has 2 fully saturated rings. The van der Waals surface area contributed by atoms with Gasteiger partial charge in [0.15, 0.2) is 59.3 Å². The molecule has 24 nitrogen and oxygen atoms in total. The Balaban J connectivity index is 1.27. The number of phenols is 9. The van der Waals surface area contributed by atoms with Crippen molar-refractivity contribution in [3.63, 3.8) is 0 Å². The van der Waals surface area contributed by atoms with Gasteiger partial charge >= 0.3 is 5.79 Å². The highest BCUT2D eigenvalue weighted by Gasteiger charge is 2.63. The van der Waals surface area contributed by atoms with E-state index < -0.39 is 163 Å². The summed E-state index contributed by atoms with van der Waals surface area (Å²) >= 11 is 0. The molecule has 5 aliphatic rings. The highest BCUT2D eigenvalue weighted by atomic mass is 16.8. The van der Waals surface area contributed by atoms with Crippen LogP contribution >= 0.6 is 0 Å². The zero-order valence-electron chi connectivity index (χ0n) is 33.7. The van der Waals surface area contributed by atoms with Gasteiger partial charge in [0.1, 0.15) is 89.4 Å². The average molecular weight is 933 g/mol. The topological polar surface area (TPSA) is 409 Å². The van der Waals surface area contributed by atoms with Gasteiger partial charge in [-0.3, -0.25) is 0 Å². The van der Waals surface area contributed by atoms with Crippen LogP contribution in [0.5, 0.6) is 69.0 Å². The number of hydrogen-bond donors (Lipinski definition) is 17. The fraction of sp³-hybridized carbons (Fsp3) is 0.429. The van der Waals surface area contributed by atoms with E-state index in [2.05, 4.69) is 0 Å². The summed E-state index contributed by atoms with van der Waals surface area (Å²) in [6.07, 6.45) is -23.9. The van der Waals surface area contributed by atoms with Crippen molar-refractivity contribution in [1.82, 2.24) is 0 Å². The van der Waals surface area contributed by atoms with Gasteiger partial charge in [0.05, 0.1) is 19.1 Å². The Morgan fingerprint density at radius 3 is 1.61 bits per heavy atom.